The van der Waals surface area contributed by atoms with E-state index in [1.54, 1.807) is 48.5 Å². The second-order valence-electron chi connectivity index (χ2n) is 6.93. The second-order valence-corrected chi connectivity index (χ2v) is 7.36. The Balaban J connectivity index is 1.70. The SMILES string of the molecule is COC(=O)CC(NC(=O)c1ccc(CN2C(=O)CCC2=O)cc1)c1ccc(Cl)cc1. The predicted octanol–water partition coefficient (Wildman–Crippen LogP) is 3.02. The van der Waals surface area contributed by atoms with Crippen LogP contribution in [0.25, 0.3) is 0 Å². The Morgan fingerprint density at radius 3 is 2.20 bits per heavy atom. The number of halogens is 1. The lowest BCUT2D eigenvalue weighted by Crippen LogP contribution is -2.30. The molecule has 0 bridgehead atoms. The smallest absolute Gasteiger partial charge is 0.307 e. The number of hydrogen-bond acceptors (Lipinski definition) is 5. The molecule has 1 saturated heterocycles. The highest BCUT2D eigenvalue weighted by molar-refractivity contribution is 6.30. The molecular formula is C22H21ClN2O5. The standard InChI is InChI=1S/C22H21ClN2O5/c1-30-21(28)12-18(15-6-8-17(23)9-7-15)24-22(29)16-4-2-14(3-5-16)13-25-19(26)10-11-20(25)27/h2-9,18H,10-13H2,1H3,(H,24,29). The first-order valence-electron chi connectivity index (χ1n) is 9.42. The largest absolute Gasteiger partial charge is 0.469 e. The fourth-order valence-corrected chi connectivity index (χ4v) is 3.31. The quantitative estimate of drug-likeness (QED) is 0.540. The fourth-order valence-electron chi connectivity index (χ4n) is 3.18. The number of carbonyl (C=O) groups is 4. The van der Waals surface area contributed by atoms with Gasteiger partial charge in [-0.15, -0.1) is 0 Å². The third kappa shape index (κ3) is 5.24. The predicted molar refractivity (Wildman–Crippen MR) is 110 cm³/mol. The molecule has 3 amide bonds. The average molecular weight is 429 g/mol. The van der Waals surface area contributed by atoms with Crippen molar-refractivity contribution >= 4 is 35.3 Å². The van der Waals surface area contributed by atoms with E-state index >= 15 is 0 Å². The summed E-state index contributed by atoms with van der Waals surface area (Å²) in [6.07, 6.45) is 0.457. The van der Waals surface area contributed by atoms with E-state index in [0.717, 1.165) is 11.1 Å². The van der Waals surface area contributed by atoms with Gasteiger partial charge in [0.1, 0.15) is 0 Å². The van der Waals surface area contributed by atoms with Crippen molar-refractivity contribution in [2.75, 3.05) is 7.11 Å². The van der Waals surface area contributed by atoms with Crippen LogP contribution in [-0.2, 0) is 25.7 Å². The lowest BCUT2D eigenvalue weighted by atomic mass is 10.0. The second kappa shape index (κ2) is 9.54. The molecule has 1 heterocycles. The lowest BCUT2D eigenvalue weighted by molar-refractivity contribution is -0.141. The van der Waals surface area contributed by atoms with E-state index in [9.17, 15) is 19.2 Å². The van der Waals surface area contributed by atoms with E-state index in [-0.39, 0.29) is 43.5 Å². The zero-order chi connectivity index (χ0) is 21.7. The number of rotatable bonds is 7. The highest BCUT2D eigenvalue weighted by Gasteiger charge is 2.28. The van der Waals surface area contributed by atoms with E-state index in [0.29, 0.717) is 10.6 Å². The molecule has 1 aliphatic heterocycles. The molecule has 0 radical (unpaired) electrons. The summed E-state index contributed by atoms with van der Waals surface area (Å²) < 4.78 is 4.73. The number of methoxy groups -OCH3 is 1. The monoisotopic (exact) mass is 428 g/mol. The van der Waals surface area contributed by atoms with E-state index in [1.165, 1.54) is 12.0 Å². The number of amides is 3. The van der Waals surface area contributed by atoms with Gasteiger partial charge in [-0.25, -0.2) is 0 Å². The summed E-state index contributed by atoms with van der Waals surface area (Å²) in [7, 11) is 1.29. The summed E-state index contributed by atoms with van der Waals surface area (Å²) >= 11 is 5.92. The maximum Gasteiger partial charge on any atom is 0.307 e. The van der Waals surface area contributed by atoms with Gasteiger partial charge in [-0.1, -0.05) is 35.9 Å². The van der Waals surface area contributed by atoms with E-state index in [1.807, 2.05) is 0 Å². The highest BCUT2D eigenvalue weighted by Crippen LogP contribution is 2.21. The molecule has 30 heavy (non-hydrogen) atoms. The van der Waals surface area contributed by atoms with Crippen molar-refractivity contribution in [3.05, 3.63) is 70.2 Å². The maximum absolute atomic E-state index is 12.7. The van der Waals surface area contributed by atoms with Crippen LogP contribution in [0.15, 0.2) is 48.5 Å². The Labute approximate surface area is 179 Å². The van der Waals surface area contributed by atoms with E-state index in [4.69, 9.17) is 16.3 Å². The van der Waals surface area contributed by atoms with Crippen LogP contribution >= 0.6 is 11.6 Å². The normalized spacial score (nSPS) is 14.5. The fraction of sp³-hybridized carbons (Fsp3) is 0.273. The number of nitrogens with one attached hydrogen (secondary N) is 1. The van der Waals surface area contributed by atoms with Crippen LogP contribution in [0.3, 0.4) is 0 Å². The van der Waals surface area contributed by atoms with Gasteiger partial charge in [-0.2, -0.15) is 0 Å². The molecule has 1 aliphatic rings. The average Bonchev–Trinajstić information content (AvgIpc) is 3.06. The summed E-state index contributed by atoms with van der Waals surface area (Å²) in [4.78, 5) is 49.2. The van der Waals surface area contributed by atoms with Gasteiger partial charge in [-0.3, -0.25) is 24.1 Å². The first kappa shape index (κ1) is 21.5. The first-order valence-corrected chi connectivity index (χ1v) is 9.80. The molecule has 1 atom stereocenters. The van der Waals surface area contributed by atoms with Crippen LogP contribution in [0, 0.1) is 0 Å². The van der Waals surface area contributed by atoms with Crippen LogP contribution in [-0.4, -0.2) is 35.7 Å². The van der Waals surface area contributed by atoms with Crippen molar-refractivity contribution in [2.45, 2.75) is 31.8 Å². The molecule has 156 valence electrons. The van der Waals surface area contributed by atoms with Gasteiger partial charge in [-0.05, 0) is 35.4 Å². The number of benzene rings is 2. The number of esters is 1. The Bertz CT molecular complexity index is 940. The third-order valence-electron chi connectivity index (χ3n) is 4.89. The molecule has 2 aromatic rings. The van der Waals surface area contributed by atoms with Gasteiger partial charge in [0.15, 0.2) is 0 Å². The van der Waals surface area contributed by atoms with Crippen LogP contribution < -0.4 is 5.32 Å². The summed E-state index contributed by atoms with van der Waals surface area (Å²) in [5, 5.41) is 3.39. The van der Waals surface area contributed by atoms with E-state index < -0.39 is 12.0 Å². The van der Waals surface area contributed by atoms with Crippen molar-refractivity contribution in [3.63, 3.8) is 0 Å². The number of hydrogen-bond donors (Lipinski definition) is 1. The number of ether oxygens (including phenoxy) is 1. The van der Waals surface area contributed by atoms with Crippen LogP contribution in [0.1, 0.15) is 46.8 Å². The molecule has 2 aromatic carbocycles. The highest BCUT2D eigenvalue weighted by atomic mass is 35.5. The van der Waals surface area contributed by atoms with Gasteiger partial charge in [0.05, 0.1) is 26.1 Å². The number of carbonyl (C=O) groups excluding carboxylic acids is 4. The van der Waals surface area contributed by atoms with Gasteiger partial charge in [0, 0.05) is 23.4 Å². The summed E-state index contributed by atoms with van der Waals surface area (Å²) in [6.45, 7) is 0.190. The van der Waals surface area contributed by atoms with E-state index in [2.05, 4.69) is 5.32 Å². The molecule has 1 fully saturated rings. The number of imide groups is 1. The molecule has 8 heteroatoms. The van der Waals surface area contributed by atoms with Crippen LogP contribution in [0.4, 0.5) is 0 Å². The molecule has 0 aromatic heterocycles. The third-order valence-corrected chi connectivity index (χ3v) is 5.14. The van der Waals surface area contributed by atoms with Crippen LogP contribution in [0.5, 0.6) is 0 Å². The molecule has 1 unspecified atom stereocenters. The summed E-state index contributed by atoms with van der Waals surface area (Å²) in [5.41, 5.74) is 1.86. The minimum absolute atomic E-state index is 0.0266. The van der Waals surface area contributed by atoms with Crippen molar-refractivity contribution in [3.8, 4) is 0 Å². The zero-order valence-electron chi connectivity index (χ0n) is 16.4. The van der Waals surface area contributed by atoms with Crippen molar-refractivity contribution in [2.24, 2.45) is 0 Å². The van der Waals surface area contributed by atoms with Crippen molar-refractivity contribution < 1.29 is 23.9 Å². The van der Waals surface area contributed by atoms with Gasteiger partial charge in [0.25, 0.3) is 5.91 Å². The molecule has 0 aliphatic carbocycles. The summed E-state index contributed by atoms with van der Waals surface area (Å²) in [6, 6.07) is 12.9. The maximum atomic E-state index is 12.7. The molecular weight excluding hydrogens is 408 g/mol. The van der Waals surface area contributed by atoms with Gasteiger partial charge in [0.2, 0.25) is 11.8 Å². The topological polar surface area (TPSA) is 92.8 Å². The Kier molecular flexibility index (Phi) is 6.84. The van der Waals surface area contributed by atoms with Crippen LogP contribution in [0.2, 0.25) is 5.02 Å². The first-order chi connectivity index (χ1) is 14.4. The van der Waals surface area contributed by atoms with Crippen molar-refractivity contribution in [1.82, 2.24) is 10.2 Å². The molecule has 0 spiro atoms. The van der Waals surface area contributed by atoms with Gasteiger partial charge < -0.3 is 10.1 Å². The molecule has 0 saturated carbocycles. The molecule has 1 N–H and O–H groups in total. The minimum atomic E-state index is -0.582. The number of nitrogens with zero attached hydrogens (tertiary/aromatic N) is 1. The Morgan fingerprint density at radius 1 is 1.03 bits per heavy atom. The minimum Gasteiger partial charge on any atom is -0.469 e. The number of likely N-dealkylation sites (tertiary alicyclic amines) is 1. The van der Waals surface area contributed by atoms with Crippen molar-refractivity contribution in [1.29, 1.82) is 0 Å². The zero-order valence-corrected chi connectivity index (χ0v) is 17.1. The van der Waals surface area contributed by atoms with Gasteiger partial charge >= 0.3 is 5.97 Å². The molecule has 3 rings (SSSR count). The summed E-state index contributed by atoms with van der Waals surface area (Å²) in [5.74, 6) is -1.19. The molecule has 7 nitrogen and oxygen atoms in total. The lowest BCUT2D eigenvalue weighted by Gasteiger charge is -2.19. The Morgan fingerprint density at radius 2 is 1.63 bits per heavy atom. The Hall–Kier alpha value is -3.19.